The Kier molecular flexibility index (Phi) is 5.24. The highest BCUT2D eigenvalue weighted by Crippen LogP contribution is 2.27. The third-order valence-corrected chi connectivity index (χ3v) is 6.55. The van der Waals surface area contributed by atoms with E-state index in [2.05, 4.69) is 6.92 Å². The third kappa shape index (κ3) is 3.39. The van der Waals surface area contributed by atoms with Crippen molar-refractivity contribution in [2.24, 2.45) is 11.8 Å². The van der Waals surface area contributed by atoms with Crippen molar-refractivity contribution < 1.29 is 23.1 Å². The predicted molar refractivity (Wildman–Crippen MR) is 77.0 cm³/mol. The van der Waals surface area contributed by atoms with Gasteiger partial charge in [0.1, 0.15) is 0 Å². The van der Waals surface area contributed by atoms with Crippen LogP contribution in [0.5, 0.6) is 0 Å². The average Bonchev–Trinajstić information content (AvgIpc) is 2.89. The summed E-state index contributed by atoms with van der Waals surface area (Å²) in [5.41, 5.74) is 0. The molecule has 2 unspecified atom stereocenters. The van der Waals surface area contributed by atoms with Crippen LogP contribution >= 0.6 is 0 Å². The standard InChI is InChI=1S/C13H24N2O5S/c1-3-15(12-9-20-8-11(12)13(16)17)21(18,19)14-6-4-10(2)5-7-14/h10-12H,3-9H2,1-2H3,(H,16,17). The Morgan fingerprint density at radius 2 is 1.95 bits per heavy atom. The van der Waals surface area contributed by atoms with Crippen LogP contribution in [0.15, 0.2) is 0 Å². The third-order valence-electron chi connectivity index (χ3n) is 4.41. The molecule has 0 aromatic heterocycles. The molecule has 2 atom stereocenters. The molecule has 21 heavy (non-hydrogen) atoms. The van der Waals surface area contributed by atoms with Gasteiger partial charge in [-0.15, -0.1) is 0 Å². The summed E-state index contributed by atoms with van der Waals surface area (Å²) in [6.07, 6.45) is 1.70. The molecule has 2 heterocycles. The van der Waals surface area contributed by atoms with Gasteiger partial charge in [0, 0.05) is 19.6 Å². The molecule has 0 aliphatic carbocycles. The number of aliphatic carboxylic acids is 1. The zero-order valence-corrected chi connectivity index (χ0v) is 13.4. The van der Waals surface area contributed by atoms with E-state index in [-0.39, 0.29) is 19.8 Å². The molecule has 0 saturated carbocycles. The lowest BCUT2D eigenvalue weighted by atomic mass is 10.0. The first kappa shape index (κ1) is 16.7. The van der Waals surface area contributed by atoms with Gasteiger partial charge in [-0.3, -0.25) is 4.79 Å². The van der Waals surface area contributed by atoms with E-state index in [0.717, 1.165) is 12.8 Å². The van der Waals surface area contributed by atoms with Gasteiger partial charge in [-0.1, -0.05) is 13.8 Å². The number of carboxylic acids is 1. The highest BCUT2D eigenvalue weighted by Gasteiger charge is 2.44. The fourth-order valence-electron chi connectivity index (χ4n) is 3.00. The Hall–Kier alpha value is -0.700. The van der Waals surface area contributed by atoms with Crippen molar-refractivity contribution in [1.29, 1.82) is 0 Å². The monoisotopic (exact) mass is 320 g/mol. The van der Waals surface area contributed by atoms with Crippen LogP contribution in [-0.2, 0) is 19.7 Å². The number of nitrogens with zero attached hydrogens (tertiary/aromatic N) is 2. The summed E-state index contributed by atoms with van der Waals surface area (Å²) in [5.74, 6) is -1.25. The lowest BCUT2D eigenvalue weighted by Crippen LogP contribution is -2.53. The molecule has 0 bridgehead atoms. The van der Waals surface area contributed by atoms with Crippen LogP contribution in [0.3, 0.4) is 0 Å². The van der Waals surface area contributed by atoms with Gasteiger partial charge in [0.05, 0.1) is 25.2 Å². The lowest BCUT2D eigenvalue weighted by molar-refractivity contribution is -0.142. The normalized spacial score (nSPS) is 29.1. The highest BCUT2D eigenvalue weighted by molar-refractivity contribution is 7.86. The molecule has 0 aromatic rings. The maximum Gasteiger partial charge on any atom is 0.310 e. The minimum absolute atomic E-state index is 0.0725. The van der Waals surface area contributed by atoms with E-state index >= 15 is 0 Å². The topological polar surface area (TPSA) is 87.1 Å². The predicted octanol–water partition coefficient (Wildman–Crippen LogP) is 0.385. The van der Waals surface area contributed by atoms with Crippen LogP contribution < -0.4 is 0 Å². The fraction of sp³-hybridized carbons (Fsp3) is 0.923. The SMILES string of the molecule is CCN(C1COCC1C(=O)O)S(=O)(=O)N1CCC(C)CC1. The van der Waals surface area contributed by atoms with E-state index in [1.54, 1.807) is 6.92 Å². The quantitative estimate of drug-likeness (QED) is 0.791. The zero-order valence-electron chi connectivity index (χ0n) is 12.6. The van der Waals surface area contributed by atoms with Gasteiger partial charge in [-0.25, -0.2) is 0 Å². The largest absolute Gasteiger partial charge is 0.481 e. The molecule has 122 valence electrons. The van der Waals surface area contributed by atoms with E-state index < -0.39 is 28.1 Å². The van der Waals surface area contributed by atoms with E-state index in [1.165, 1.54) is 8.61 Å². The average molecular weight is 320 g/mol. The van der Waals surface area contributed by atoms with Gasteiger partial charge in [-0.2, -0.15) is 17.0 Å². The molecular formula is C13H24N2O5S. The molecule has 2 rings (SSSR count). The van der Waals surface area contributed by atoms with Crippen LogP contribution in [0.1, 0.15) is 26.7 Å². The number of hydrogen-bond acceptors (Lipinski definition) is 4. The fourth-order valence-corrected chi connectivity index (χ4v) is 4.84. The van der Waals surface area contributed by atoms with Crippen molar-refractivity contribution in [3.63, 3.8) is 0 Å². The molecule has 0 aromatic carbocycles. The molecule has 2 fully saturated rings. The summed E-state index contributed by atoms with van der Waals surface area (Å²) in [5, 5.41) is 9.22. The summed E-state index contributed by atoms with van der Waals surface area (Å²) in [4.78, 5) is 11.3. The molecule has 2 aliphatic heterocycles. The van der Waals surface area contributed by atoms with Crippen molar-refractivity contribution in [3.8, 4) is 0 Å². The minimum atomic E-state index is -3.62. The van der Waals surface area contributed by atoms with Crippen LogP contribution in [0.2, 0.25) is 0 Å². The molecule has 2 saturated heterocycles. The Balaban J connectivity index is 2.17. The number of carbonyl (C=O) groups is 1. The van der Waals surface area contributed by atoms with E-state index in [0.29, 0.717) is 19.0 Å². The lowest BCUT2D eigenvalue weighted by Gasteiger charge is -2.36. The number of piperidine rings is 1. The molecule has 0 spiro atoms. The molecule has 2 aliphatic rings. The molecule has 0 radical (unpaired) electrons. The van der Waals surface area contributed by atoms with Gasteiger partial charge in [0.2, 0.25) is 0 Å². The number of ether oxygens (including phenoxy) is 1. The zero-order chi connectivity index (χ0) is 15.6. The molecule has 8 heteroatoms. The van der Waals surface area contributed by atoms with Crippen LogP contribution in [-0.4, -0.2) is 67.0 Å². The molecular weight excluding hydrogens is 296 g/mol. The Morgan fingerprint density at radius 1 is 1.33 bits per heavy atom. The first-order valence-electron chi connectivity index (χ1n) is 7.45. The Bertz CT molecular complexity index is 473. The smallest absolute Gasteiger partial charge is 0.310 e. The molecule has 0 amide bonds. The van der Waals surface area contributed by atoms with Gasteiger partial charge in [-0.05, 0) is 18.8 Å². The Morgan fingerprint density at radius 3 is 2.48 bits per heavy atom. The van der Waals surface area contributed by atoms with Crippen molar-refractivity contribution in [3.05, 3.63) is 0 Å². The summed E-state index contributed by atoms with van der Waals surface area (Å²) in [6.45, 7) is 5.34. The second-order valence-electron chi connectivity index (χ2n) is 5.84. The molecule has 1 N–H and O–H groups in total. The van der Waals surface area contributed by atoms with Crippen LogP contribution in [0.25, 0.3) is 0 Å². The van der Waals surface area contributed by atoms with Crippen LogP contribution in [0.4, 0.5) is 0 Å². The van der Waals surface area contributed by atoms with E-state index in [9.17, 15) is 18.3 Å². The van der Waals surface area contributed by atoms with Gasteiger partial charge < -0.3 is 9.84 Å². The second kappa shape index (κ2) is 6.60. The van der Waals surface area contributed by atoms with Gasteiger partial charge in [0.15, 0.2) is 0 Å². The van der Waals surface area contributed by atoms with Crippen LogP contribution in [0, 0.1) is 11.8 Å². The number of carboxylic acid groups (broad SMARTS) is 1. The van der Waals surface area contributed by atoms with E-state index in [1.807, 2.05) is 0 Å². The number of rotatable bonds is 5. The number of likely N-dealkylation sites (N-methyl/N-ethyl adjacent to an activating group) is 1. The summed E-state index contributed by atoms with van der Waals surface area (Å²) >= 11 is 0. The first-order chi connectivity index (χ1) is 9.87. The van der Waals surface area contributed by atoms with E-state index in [4.69, 9.17) is 4.74 Å². The van der Waals surface area contributed by atoms with Crippen molar-refractivity contribution >= 4 is 16.2 Å². The summed E-state index contributed by atoms with van der Waals surface area (Å²) in [6, 6.07) is -0.614. The first-order valence-corrected chi connectivity index (χ1v) is 8.85. The maximum atomic E-state index is 12.8. The van der Waals surface area contributed by atoms with Gasteiger partial charge >= 0.3 is 5.97 Å². The highest BCUT2D eigenvalue weighted by atomic mass is 32.2. The minimum Gasteiger partial charge on any atom is -0.481 e. The van der Waals surface area contributed by atoms with Gasteiger partial charge in [0.25, 0.3) is 10.2 Å². The molecule has 7 nitrogen and oxygen atoms in total. The number of hydrogen-bond donors (Lipinski definition) is 1. The summed E-state index contributed by atoms with van der Waals surface area (Å²) < 4.78 is 33.6. The van der Waals surface area contributed by atoms with Crippen molar-refractivity contribution in [2.75, 3.05) is 32.8 Å². The van der Waals surface area contributed by atoms with Crippen molar-refractivity contribution in [2.45, 2.75) is 32.7 Å². The second-order valence-corrected chi connectivity index (χ2v) is 7.72. The Labute approximate surface area is 126 Å². The summed E-state index contributed by atoms with van der Waals surface area (Å²) in [7, 11) is -3.62. The van der Waals surface area contributed by atoms with Crippen molar-refractivity contribution in [1.82, 2.24) is 8.61 Å². The maximum absolute atomic E-state index is 12.8.